The summed E-state index contributed by atoms with van der Waals surface area (Å²) in [5.41, 5.74) is 1.88. The molecule has 0 aliphatic rings. The normalized spacial score (nSPS) is 9.79. The predicted octanol–water partition coefficient (Wildman–Crippen LogP) is 3.34. The predicted molar refractivity (Wildman–Crippen MR) is 90.9 cm³/mol. The molecule has 0 spiro atoms. The summed E-state index contributed by atoms with van der Waals surface area (Å²) in [6, 6.07) is 18.3. The van der Waals surface area contributed by atoms with E-state index in [0.29, 0.717) is 17.1 Å². The lowest BCUT2D eigenvalue weighted by atomic mass is 10.2. The molecule has 0 unspecified atom stereocenters. The zero-order valence-electron chi connectivity index (χ0n) is 12.6. The summed E-state index contributed by atoms with van der Waals surface area (Å²) in [7, 11) is 0. The van der Waals surface area contributed by atoms with Gasteiger partial charge in [0.25, 0.3) is 5.91 Å². The first-order valence-electron chi connectivity index (χ1n) is 7.21. The summed E-state index contributed by atoms with van der Waals surface area (Å²) in [5.74, 6) is 0.117. The Morgan fingerprint density at radius 3 is 2.42 bits per heavy atom. The molecule has 1 amide bonds. The maximum atomic E-state index is 12.2. The van der Waals surface area contributed by atoms with Crippen LogP contribution >= 0.6 is 0 Å². The largest absolute Gasteiger partial charge is 0.339 e. The maximum Gasteiger partial charge on any atom is 0.275 e. The number of hydrogen-bond acceptors (Lipinski definition) is 5. The summed E-state index contributed by atoms with van der Waals surface area (Å²) in [4.78, 5) is 20.5. The molecule has 0 aliphatic heterocycles. The van der Waals surface area contributed by atoms with Crippen LogP contribution in [0.4, 0.5) is 17.2 Å². The van der Waals surface area contributed by atoms with E-state index in [-0.39, 0.29) is 5.69 Å². The topological polar surface area (TPSA) is 90.7 Å². The van der Waals surface area contributed by atoms with Gasteiger partial charge in [0.15, 0.2) is 0 Å². The fourth-order valence-electron chi connectivity index (χ4n) is 2.06. The van der Waals surface area contributed by atoms with Crippen molar-refractivity contribution in [1.29, 1.82) is 5.26 Å². The third kappa shape index (κ3) is 3.54. The van der Waals surface area contributed by atoms with Crippen LogP contribution in [0.2, 0.25) is 0 Å². The van der Waals surface area contributed by atoms with Gasteiger partial charge in [-0.2, -0.15) is 5.26 Å². The Bertz CT molecular complexity index is 885. The smallest absolute Gasteiger partial charge is 0.275 e. The summed E-state index contributed by atoms with van der Waals surface area (Å²) < 4.78 is 0. The van der Waals surface area contributed by atoms with Gasteiger partial charge in [-0.05, 0) is 24.3 Å². The Balaban J connectivity index is 1.71. The second-order valence-electron chi connectivity index (χ2n) is 4.89. The van der Waals surface area contributed by atoms with Crippen molar-refractivity contribution in [3.8, 4) is 6.07 Å². The van der Waals surface area contributed by atoms with Crippen LogP contribution in [0, 0.1) is 11.3 Å². The highest BCUT2D eigenvalue weighted by Gasteiger charge is 2.10. The van der Waals surface area contributed by atoms with Crippen molar-refractivity contribution < 1.29 is 4.79 Å². The Labute approximate surface area is 138 Å². The van der Waals surface area contributed by atoms with Crippen LogP contribution in [-0.2, 0) is 0 Å². The van der Waals surface area contributed by atoms with Crippen molar-refractivity contribution in [2.45, 2.75) is 0 Å². The molecular weight excluding hydrogens is 302 g/mol. The van der Waals surface area contributed by atoms with Crippen molar-refractivity contribution in [3.05, 3.63) is 78.2 Å². The van der Waals surface area contributed by atoms with E-state index < -0.39 is 5.91 Å². The number of carbonyl (C=O) groups is 1. The van der Waals surface area contributed by atoms with E-state index in [2.05, 4.69) is 20.6 Å². The minimum Gasteiger partial charge on any atom is -0.339 e. The Kier molecular flexibility index (Phi) is 4.45. The van der Waals surface area contributed by atoms with Crippen molar-refractivity contribution in [2.24, 2.45) is 0 Å². The van der Waals surface area contributed by atoms with E-state index in [4.69, 9.17) is 5.26 Å². The molecule has 24 heavy (non-hydrogen) atoms. The number of carbonyl (C=O) groups excluding carboxylic acids is 1. The van der Waals surface area contributed by atoms with Gasteiger partial charge in [0.2, 0.25) is 0 Å². The zero-order valence-corrected chi connectivity index (χ0v) is 12.6. The second kappa shape index (κ2) is 7.03. The number of para-hydroxylation sites is 2. The summed E-state index contributed by atoms with van der Waals surface area (Å²) in [5, 5.41) is 14.8. The number of amides is 1. The van der Waals surface area contributed by atoms with Crippen molar-refractivity contribution in [1.82, 2.24) is 9.97 Å². The van der Waals surface area contributed by atoms with E-state index in [1.54, 1.807) is 24.3 Å². The minimum absolute atomic E-state index is 0.168. The first kappa shape index (κ1) is 15.2. The van der Waals surface area contributed by atoms with E-state index in [1.807, 2.05) is 36.4 Å². The quantitative estimate of drug-likeness (QED) is 0.770. The molecule has 2 N–H and O–H groups in total. The number of nitrogens with zero attached hydrogens (tertiary/aromatic N) is 3. The molecular formula is C18H13N5O. The molecule has 3 rings (SSSR count). The SMILES string of the molecule is N#Cc1ccccc1NC(=O)c1cnc(Nc2ccccc2)cn1. The van der Waals surface area contributed by atoms with Crippen molar-refractivity contribution in [2.75, 3.05) is 10.6 Å². The molecule has 6 nitrogen and oxygen atoms in total. The molecule has 0 bridgehead atoms. The molecule has 0 saturated heterocycles. The van der Waals surface area contributed by atoms with Crippen molar-refractivity contribution >= 4 is 23.1 Å². The van der Waals surface area contributed by atoms with Gasteiger partial charge in [-0.15, -0.1) is 0 Å². The van der Waals surface area contributed by atoms with Gasteiger partial charge in [-0.1, -0.05) is 30.3 Å². The van der Waals surface area contributed by atoms with Crippen LogP contribution in [0.25, 0.3) is 0 Å². The molecule has 0 aliphatic carbocycles. The third-order valence-electron chi connectivity index (χ3n) is 3.23. The van der Waals surface area contributed by atoms with Crippen LogP contribution < -0.4 is 10.6 Å². The van der Waals surface area contributed by atoms with Gasteiger partial charge in [0, 0.05) is 5.69 Å². The number of rotatable bonds is 4. The molecule has 0 atom stereocenters. The number of aromatic nitrogens is 2. The van der Waals surface area contributed by atoms with Gasteiger partial charge < -0.3 is 10.6 Å². The van der Waals surface area contributed by atoms with E-state index in [0.717, 1.165) is 5.69 Å². The monoisotopic (exact) mass is 315 g/mol. The average molecular weight is 315 g/mol. The standard InChI is InChI=1S/C18H13N5O/c19-10-13-6-4-5-9-15(13)23-18(24)16-11-21-17(12-20-16)22-14-7-2-1-3-8-14/h1-9,11-12H,(H,21,22)(H,23,24). The van der Waals surface area contributed by atoms with E-state index in [9.17, 15) is 4.79 Å². The number of benzene rings is 2. The van der Waals surface area contributed by atoms with Gasteiger partial charge in [-0.25, -0.2) is 9.97 Å². The van der Waals surface area contributed by atoms with Gasteiger partial charge in [0.05, 0.1) is 23.6 Å². The van der Waals surface area contributed by atoms with Gasteiger partial charge in [0.1, 0.15) is 17.6 Å². The Morgan fingerprint density at radius 2 is 1.71 bits per heavy atom. The number of anilines is 3. The molecule has 1 heterocycles. The second-order valence-corrected chi connectivity index (χ2v) is 4.89. The lowest BCUT2D eigenvalue weighted by Crippen LogP contribution is -2.15. The molecule has 6 heteroatoms. The maximum absolute atomic E-state index is 12.2. The van der Waals surface area contributed by atoms with E-state index >= 15 is 0 Å². The fourth-order valence-corrected chi connectivity index (χ4v) is 2.06. The number of nitriles is 1. The third-order valence-corrected chi connectivity index (χ3v) is 3.23. The van der Waals surface area contributed by atoms with Crippen molar-refractivity contribution in [3.63, 3.8) is 0 Å². The van der Waals surface area contributed by atoms with Gasteiger partial charge >= 0.3 is 0 Å². The number of hydrogen-bond donors (Lipinski definition) is 2. The summed E-state index contributed by atoms with van der Waals surface area (Å²) in [6.07, 6.45) is 2.87. The highest BCUT2D eigenvalue weighted by molar-refractivity contribution is 6.03. The fraction of sp³-hybridized carbons (Fsp3) is 0. The summed E-state index contributed by atoms with van der Waals surface area (Å²) >= 11 is 0. The Hall–Kier alpha value is -3.72. The Morgan fingerprint density at radius 1 is 0.958 bits per heavy atom. The van der Waals surface area contributed by atoms with Crippen LogP contribution in [0.5, 0.6) is 0 Å². The molecule has 0 fully saturated rings. The molecule has 116 valence electrons. The molecule has 0 saturated carbocycles. The first-order chi connectivity index (χ1) is 11.8. The average Bonchev–Trinajstić information content (AvgIpc) is 2.63. The van der Waals surface area contributed by atoms with Crippen LogP contribution in [0.1, 0.15) is 16.1 Å². The van der Waals surface area contributed by atoms with Crippen LogP contribution in [0.3, 0.4) is 0 Å². The minimum atomic E-state index is -0.420. The molecule has 3 aromatic rings. The first-order valence-corrected chi connectivity index (χ1v) is 7.21. The zero-order chi connectivity index (χ0) is 16.8. The molecule has 0 radical (unpaired) electrons. The highest BCUT2D eigenvalue weighted by atomic mass is 16.1. The van der Waals surface area contributed by atoms with E-state index in [1.165, 1.54) is 12.4 Å². The lowest BCUT2D eigenvalue weighted by molar-refractivity contribution is 0.102. The van der Waals surface area contributed by atoms with Crippen LogP contribution in [0.15, 0.2) is 67.0 Å². The number of nitrogens with one attached hydrogen (secondary N) is 2. The van der Waals surface area contributed by atoms with Gasteiger partial charge in [-0.3, -0.25) is 4.79 Å². The molecule has 2 aromatic carbocycles. The lowest BCUT2D eigenvalue weighted by Gasteiger charge is -2.07. The highest BCUT2D eigenvalue weighted by Crippen LogP contribution is 2.15. The molecule has 1 aromatic heterocycles. The van der Waals surface area contributed by atoms with Crippen LogP contribution in [-0.4, -0.2) is 15.9 Å². The summed E-state index contributed by atoms with van der Waals surface area (Å²) in [6.45, 7) is 0.